The van der Waals surface area contributed by atoms with E-state index in [1.54, 1.807) is 12.1 Å². The Morgan fingerprint density at radius 3 is 2.65 bits per heavy atom. The zero-order valence-corrected chi connectivity index (χ0v) is 14.2. The first-order chi connectivity index (χ1) is 11.0. The fourth-order valence-electron chi connectivity index (χ4n) is 2.83. The predicted octanol–water partition coefficient (Wildman–Crippen LogP) is 1.65. The fraction of sp³-hybridized carbons (Fsp3) is 0.556. The van der Waals surface area contributed by atoms with E-state index in [1.165, 1.54) is 0 Å². The molecule has 3 atom stereocenters. The van der Waals surface area contributed by atoms with Crippen molar-refractivity contribution in [2.45, 2.75) is 39.3 Å². The monoisotopic (exact) mass is 317 g/mol. The number of carbonyl (C=O) groups is 2. The van der Waals surface area contributed by atoms with E-state index in [0.717, 1.165) is 13.0 Å². The third kappa shape index (κ3) is 4.55. The minimum Gasteiger partial charge on any atom is -0.340 e. The normalized spacial score (nSPS) is 20.7. The van der Waals surface area contributed by atoms with Gasteiger partial charge < -0.3 is 15.5 Å². The molecular weight excluding hydrogens is 290 g/mol. The quantitative estimate of drug-likeness (QED) is 0.868. The molecule has 2 rings (SSSR count). The summed E-state index contributed by atoms with van der Waals surface area (Å²) >= 11 is 0. The molecule has 5 nitrogen and oxygen atoms in total. The Balaban J connectivity index is 2.10. The Labute approximate surface area is 138 Å². The van der Waals surface area contributed by atoms with E-state index >= 15 is 0 Å². The maximum Gasteiger partial charge on any atom is 0.251 e. The molecule has 0 spiro atoms. The highest BCUT2D eigenvalue weighted by Crippen LogP contribution is 2.13. The number of hydrogen-bond donors (Lipinski definition) is 2. The Hall–Kier alpha value is -1.88. The number of nitrogens with zero attached hydrogens (tertiary/aromatic N) is 1. The molecule has 1 aliphatic heterocycles. The van der Waals surface area contributed by atoms with E-state index in [1.807, 2.05) is 36.9 Å². The summed E-state index contributed by atoms with van der Waals surface area (Å²) in [5.74, 6) is -0.0650. The number of benzene rings is 1. The van der Waals surface area contributed by atoms with Crippen LogP contribution < -0.4 is 10.6 Å². The minimum absolute atomic E-state index is 0.0250. The molecule has 2 N–H and O–H groups in total. The Kier molecular flexibility index (Phi) is 6.16. The number of piperazine rings is 1. The first-order valence-corrected chi connectivity index (χ1v) is 8.41. The molecule has 3 unspecified atom stereocenters. The van der Waals surface area contributed by atoms with E-state index in [-0.39, 0.29) is 23.8 Å². The van der Waals surface area contributed by atoms with Crippen molar-refractivity contribution in [1.82, 2.24) is 15.5 Å². The first kappa shape index (κ1) is 17.5. The highest BCUT2D eigenvalue weighted by molar-refractivity contribution is 5.97. The Bertz CT molecular complexity index is 532. The molecule has 0 bridgehead atoms. The van der Waals surface area contributed by atoms with Gasteiger partial charge in [0.05, 0.1) is 0 Å². The van der Waals surface area contributed by atoms with Gasteiger partial charge in [0.2, 0.25) is 5.91 Å². The van der Waals surface area contributed by atoms with Gasteiger partial charge in [-0.2, -0.15) is 0 Å². The van der Waals surface area contributed by atoms with Crippen molar-refractivity contribution in [2.24, 2.45) is 5.92 Å². The number of rotatable bonds is 5. The van der Waals surface area contributed by atoms with Crippen LogP contribution in [0.4, 0.5) is 0 Å². The topological polar surface area (TPSA) is 61.4 Å². The molecule has 2 amide bonds. The summed E-state index contributed by atoms with van der Waals surface area (Å²) in [5.41, 5.74) is 0.585. The van der Waals surface area contributed by atoms with Crippen LogP contribution in [0.1, 0.15) is 37.6 Å². The van der Waals surface area contributed by atoms with E-state index < -0.39 is 6.04 Å². The van der Waals surface area contributed by atoms with Gasteiger partial charge in [-0.1, -0.05) is 38.5 Å². The summed E-state index contributed by atoms with van der Waals surface area (Å²) in [6, 6.07) is 8.87. The first-order valence-electron chi connectivity index (χ1n) is 8.41. The molecule has 1 aromatic rings. The minimum atomic E-state index is -0.474. The van der Waals surface area contributed by atoms with Gasteiger partial charge in [0.15, 0.2) is 0 Å². The van der Waals surface area contributed by atoms with Gasteiger partial charge in [-0.05, 0) is 25.0 Å². The average Bonchev–Trinajstić information content (AvgIpc) is 2.59. The lowest BCUT2D eigenvalue weighted by Crippen LogP contribution is -2.58. The van der Waals surface area contributed by atoms with Crippen molar-refractivity contribution in [3.8, 4) is 0 Å². The van der Waals surface area contributed by atoms with Gasteiger partial charge >= 0.3 is 0 Å². The van der Waals surface area contributed by atoms with Crippen molar-refractivity contribution < 1.29 is 9.59 Å². The molecular formula is C18H27N3O2. The smallest absolute Gasteiger partial charge is 0.251 e. The molecule has 1 heterocycles. The second kappa shape index (κ2) is 8.11. The molecule has 1 aromatic carbocycles. The van der Waals surface area contributed by atoms with Crippen LogP contribution in [0.15, 0.2) is 30.3 Å². The maximum absolute atomic E-state index is 12.9. The van der Waals surface area contributed by atoms with Crippen LogP contribution in [0.25, 0.3) is 0 Å². The molecule has 126 valence electrons. The van der Waals surface area contributed by atoms with Crippen molar-refractivity contribution in [1.29, 1.82) is 0 Å². The van der Waals surface area contributed by atoms with E-state index in [0.29, 0.717) is 18.7 Å². The van der Waals surface area contributed by atoms with Gasteiger partial charge in [0, 0.05) is 31.2 Å². The largest absolute Gasteiger partial charge is 0.340 e. The third-order valence-corrected chi connectivity index (χ3v) is 4.48. The number of hydrogen-bond acceptors (Lipinski definition) is 3. The molecule has 5 heteroatoms. The standard InChI is InChI=1S/C18H27N3O2/c1-4-13(2)16(18(23)21-11-10-19-14(3)12-21)20-17(22)15-8-6-5-7-9-15/h5-9,13-14,16,19H,4,10-12H2,1-3H3,(H,20,22). The van der Waals surface area contributed by atoms with Crippen LogP contribution in [0.2, 0.25) is 0 Å². The molecule has 1 aliphatic rings. The highest BCUT2D eigenvalue weighted by Gasteiger charge is 2.31. The lowest BCUT2D eigenvalue weighted by Gasteiger charge is -2.36. The Morgan fingerprint density at radius 2 is 2.04 bits per heavy atom. The molecule has 0 saturated carbocycles. The van der Waals surface area contributed by atoms with Crippen LogP contribution in [0.3, 0.4) is 0 Å². The van der Waals surface area contributed by atoms with Gasteiger partial charge in [-0.15, -0.1) is 0 Å². The number of nitrogens with one attached hydrogen (secondary N) is 2. The third-order valence-electron chi connectivity index (χ3n) is 4.48. The molecule has 0 radical (unpaired) electrons. The SMILES string of the molecule is CCC(C)C(NC(=O)c1ccccc1)C(=O)N1CCNC(C)C1. The lowest BCUT2D eigenvalue weighted by atomic mass is 9.96. The summed E-state index contributed by atoms with van der Waals surface area (Å²) in [7, 11) is 0. The summed E-state index contributed by atoms with van der Waals surface area (Å²) in [6.07, 6.45) is 0.840. The van der Waals surface area contributed by atoms with Crippen LogP contribution >= 0.6 is 0 Å². The van der Waals surface area contributed by atoms with Crippen LogP contribution in [-0.2, 0) is 4.79 Å². The summed E-state index contributed by atoms with van der Waals surface area (Å²) in [5, 5.41) is 6.28. The zero-order valence-electron chi connectivity index (χ0n) is 14.2. The van der Waals surface area contributed by atoms with Gasteiger partial charge in [-0.25, -0.2) is 0 Å². The van der Waals surface area contributed by atoms with Gasteiger partial charge in [-0.3, -0.25) is 9.59 Å². The molecule has 1 saturated heterocycles. The summed E-state index contributed by atoms with van der Waals surface area (Å²) in [6.45, 7) is 8.30. The van der Waals surface area contributed by atoms with Crippen LogP contribution in [0, 0.1) is 5.92 Å². The lowest BCUT2D eigenvalue weighted by molar-refractivity contribution is -0.135. The second-order valence-electron chi connectivity index (χ2n) is 6.34. The van der Waals surface area contributed by atoms with E-state index in [4.69, 9.17) is 0 Å². The van der Waals surface area contributed by atoms with Crippen LogP contribution in [-0.4, -0.2) is 48.4 Å². The second-order valence-corrected chi connectivity index (χ2v) is 6.34. The van der Waals surface area contributed by atoms with E-state index in [2.05, 4.69) is 17.6 Å². The summed E-state index contributed by atoms with van der Waals surface area (Å²) < 4.78 is 0. The Morgan fingerprint density at radius 1 is 1.35 bits per heavy atom. The number of amides is 2. The van der Waals surface area contributed by atoms with Gasteiger partial charge in [0.25, 0.3) is 5.91 Å². The maximum atomic E-state index is 12.9. The van der Waals surface area contributed by atoms with Crippen molar-refractivity contribution >= 4 is 11.8 Å². The molecule has 0 aromatic heterocycles. The van der Waals surface area contributed by atoms with E-state index in [9.17, 15) is 9.59 Å². The molecule has 0 aliphatic carbocycles. The van der Waals surface area contributed by atoms with Crippen molar-refractivity contribution in [3.63, 3.8) is 0 Å². The average molecular weight is 317 g/mol. The van der Waals surface area contributed by atoms with Gasteiger partial charge in [0.1, 0.15) is 6.04 Å². The fourth-order valence-corrected chi connectivity index (χ4v) is 2.83. The highest BCUT2D eigenvalue weighted by atomic mass is 16.2. The number of carbonyl (C=O) groups excluding carboxylic acids is 2. The molecule has 23 heavy (non-hydrogen) atoms. The van der Waals surface area contributed by atoms with Crippen molar-refractivity contribution in [3.05, 3.63) is 35.9 Å². The summed E-state index contributed by atoms with van der Waals surface area (Å²) in [4.78, 5) is 27.2. The predicted molar refractivity (Wildman–Crippen MR) is 91.2 cm³/mol. The molecule has 1 fully saturated rings. The van der Waals surface area contributed by atoms with Crippen molar-refractivity contribution in [2.75, 3.05) is 19.6 Å². The zero-order chi connectivity index (χ0) is 16.8. The van der Waals surface area contributed by atoms with Crippen LogP contribution in [0.5, 0.6) is 0 Å².